The van der Waals surface area contributed by atoms with Crippen LogP contribution in [-0.4, -0.2) is 4.57 Å². The number of aromatic nitrogens is 2. The molecule has 29 heavy (non-hydrogen) atoms. The molecular formula is C27H25N2+. The fourth-order valence-electron chi connectivity index (χ4n) is 4.28. The first-order chi connectivity index (χ1) is 16.5. The lowest BCUT2D eigenvalue weighted by atomic mass is 10.1. The van der Waals surface area contributed by atoms with Gasteiger partial charge in [-0.3, -0.25) is 0 Å². The number of fused-ring (bicyclic) bond motifs is 3. The maximum atomic E-state index is 8.26. The third-order valence-electron chi connectivity index (χ3n) is 5.63. The van der Waals surface area contributed by atoms with Crippen LogP contribution < -0.4 is 4.57 Å². The molecule has 142 valence electrons. The van der Waals surface area contributed by atoms with Gasteiger partial charge in [0.2, 0.25) is 0 Å². The van der Waals surface area contributed by atoms with E-state index in [9.17, 15) is 0 Å². The van der Waals surface area contributed by atoms with Gasteiger partial charge in [0.15, 0.2) is 11.0 Å². The monoisotopic (exact) mass is 383 g/mol. The topological polar surface area (TPSA) is 8.81 Å². The van der Waals surface area contributed by atoms with Crippen LogP contribution in [-0.2, 0) is 7.05 Å². The molecule has 0 atom stereocenters. The van der Waals surface area contributed by atoms with Crippen LogP contribution in [0.3, 0.4) is 0 Å². The highest BCUT2D eigenvalue weighted by Crippen LogP contribution is 2.34. The summed E-state index contributed by atoms with van der Waals surface area (Å²) in [4.78, 5) is 0. The Balaban J connectivity index is 2.07. The summed E-state index contributed by atoms with van der Waals surface area (Å²) >= 11 is 0. The highest BCUT2D eigenvalue weighted by Gasteiger charge is 2.29. The van der Waals surface area contributed by atoms with Crippen LogP contribution in [0.4, 0.5) is 0 Å². The molecule has 0 aliphatic carbocycles. The van der Waals surface area contributed by atoms with Crippen molar-refractivity contribution in [2.24, 2.45) is 7.05 Å². The van der Waals surface area contributed by atoms with Crippen LogP contribution >= 0.6 is 0 Å². The Morgan fingerprint density at radius 1 is 0.759 bits per heavy atom. The van der Waals surface area contributed by atoms with Crippen molar-refractivity contribution < 1.29 is 12.8 Å². The summed E-state index contributed by atoms with van der Waals surface area (Å²) in [5.41, 5.74) is 3.74. The SMILES string of the molecule is [2H]C([2H])([2H])c1cccc(C([2H])([2H])[2H])c1-n1c(-c2ccccc2C)[n+](C)c2c3ccccc3ccc21. The zero-order chi connectivity index (χ0) is 25.1. The number of benzene rings is 4. The second-order valence-electron chi connectivity index (χ2n) is 7.39. The molecule has 1 aromatic heterocycles. The van der Waals surface area contributed by atoms with Crippen LogP contribution in [0.1, 0.15) is 24.9 Å². The average molecular weight is 384 g/mol. The Bertz CT molecular complexity index is 1560. The van der Waals surface area contributed by atoms with E-state index in [2.05, 4.69) is 0 Å². The normalized spacial score (nSPS) is 15.4. The van der Waals surface area contributed by atoms with Crippen molar-refractivity contribution in [3.8, 4) is 17.1 Å². The molecule has 0 spiro atoms. The minimum Gasteiger partial charge on any atom is -0.225 e. The molecule has 0 saturated carbocycles. The second kappa shape index (κ2) is 6.59. The van der Waals surface area contributed by atoms with Gasteiger partial charge in [-0.05, 0) is 67.0 Å². The van der Waals surface area contributed by atoms with Gasteiger partial charge in [0.1, 0.15) is 5.69 Å². The Morgan fingerprint density at radius 2 is 1.45 bits per heavy atom. The van der Waals surface area contributed by atoms with Crippen molar-refractivity contribution >= 4 is 21.8 Å². The summed E-state index contributed by atoms with van der Waals surface area (Å²) in [5.74, 6) is 0.719. The summed E-state index contributed by atoms with van der Waals surface area (Å²) in [6.45, 7) is -3.02. The van der Waals surface area contributed by atoms with Crippen molar-refractivity contribution in [1.29, 1.82) is 0 Å². The fraction of sp³-hybridized carbons (Fsp3) is 0.148. The Hall–Kier alpha value is -3.39. The summed E-state index contributed by atoms with van der Waals surface area (Å²) in [6, 6.07) is 24.3. The van der Waals surface area contributed by atoms with Gasteiger partial charge in [0, 0.05) is 13.6 Å². The van der Waals surface area contributed by atoms with Gasteiger partial charge in [0.25, 0.3) is 5.82 Å². The van der Waals surface area contributed by atoms with Gasteiger partial charge in [-0.25, -0.2) is 4.57 Å². The van der Waals surface area contributed by atoms with Crippen molar-refractivity contribution in [1.82, 2.24) is 4.57 Å². The van der Waals surface area contributed by atoms with E-state index in [0.717, 1.165) is 38.8 Å². The van der Waals surface area contributed by atoms with Crippen molar-refractivity contribution in [3.63, 3.8) is 0 Å². The van der Waals surface area contributed by atoms with E-state index in [1.807, 2.05) is 83.8 Å². The molecule has 0 amide bonds. The number of aryl methyl sites for hydroxylation is 4. The van der Waals surface area contributed by atoms with Crippen LogP contribution in [0.25, 0.3) is 38.9 Å². The third-order valence-corrected chi connectivity index (χ3v) is 5.63. The molecule has 0 radical (unpaired) electrons. The van der Waals surface area contributed by atoms with Gasteiger partial charge in [-0.1, -0.05) is 54.6 Å². The standard InChI is InChI=1S/C27H25N2/c1-18-10-5-7-14-22(18)27-28(4)26-23-15-8-6-13-21(23)16-17-24(26)29(27)25-19(2)11-9-12-20(25)3/h5-17H,1-4H3/q+1/i2D3,3D3. The Kier molecular flexibility index (Phi) is 2.78. The predicted octanol–water partition coefficient (Wildman–Crippen LogP) is 6.20. The molecule has 0 fully saturated rings. The van der Waals surface area contributed by atoms with E-state index in [-0.39, 0.29) is 16.8 Å². The largest absolute Gasteiger partial charge is 0.295 e. The van der Waals surface area contributed by atoms with Gasteiger partial charge >= 0.3 is 0 Å². The first-order valence-corrected chi connectivity index (χ1v) is 9.62. The summed E-state index contributed by atoms with van der Waals surface area (Å²) in [7, 11) is 1.94. The van der Waals surface area contributed by atoms with Crippen molar-refractivity contribution in [2.75, 3.05) is 0 Å². The molecule has 0 N–H and O–H groups in total. The van der Waals surface area contributed by atoms with Gasteiger partial charge < -0.3 is 0 Å². The third kappa shape index (κ3) is 2.60. The number of imidazole rings is 1. The van der Waals surface area contributed by atoms with Crippen LogP contribution in [0.5, 0.6) is 0 Å². The first kappa shape index (κ1) is 12.2. The number of nitrogens with zero attached hydrogens (tertiary/aromatic N) is 2. The zero-order valence-electron chi connectivity index (χ0n) is 22.4. The zero-order valence-corrected chi connectivity index (χ0v) is 16.4. The van der Waals surface area contributed by atoms with E-state index in [4.69, 9.17) is 8.22 Å². The molecule has 0 aliphatic heterocycles. The molecule has 2 nitrogen and oxygen atoms in total. The summed E-state index contributed by atoms with van der Waals surface area (Å²) < 4.78 is 53.4. The molecule has 5 rings (SSSR count). The highest BCUT2D eigenvalue weighted by molar-refractivity contribution is 6.03. The Morgan fingerprint density at radius 3 is 2.21 bits per heavy atom. The molecule has 5 aromatic rings. The predicted molar refractivity (Wildman–Crippen MR) is 122 cm³/mol. The first-order valence-electron chi connectivity index (χ1n) is 12.6. The summed E-state index contributed by atoms with van der Waals surface area (Å²) in [6.07, 6.45) is 0. The maximum Gasteiger partial charge on any atom is 0.295 e. The molecule has 2 heteroatoms. The molecule has 0 unspecified atom stereocenters. The highest BCUT2D eigenvalue weighted by atomic mass is 15.2. The molecule has 0 bridgehead atoms. The second-order valence-corrected chi connectivity index (χ2v) is 7.39. The van der Waals surface area contributed by atoms with Crippen molar-refractivity contribution in [2.45, 2.75) is 20.6 Å². The lowest BCUT2D eigenvalue weighted by Crippen LogP contribution is -2.30. The lowest BCUT2D eigenvalue weighted by molar-refractivity contribution is -0.633. The van der Waals surface area contributed by atoms with E-state index in [1.165, 1.54) is 18.2 Å². The fourth-order valence-corrected chi connectivity index (χ4v) is 4.28. The van der Waals surface area contributed by atoms with Crippen molar-refractivity contribution in [3.05, 3.63) is 95.6 Å². The molecule has 4 aromatic carbocycles. The minimum atomic E-state index is -2.51. The van der Waals surface area contributed by atoms with E-state index in [0.29, 0.717) is 0 Å². The molecular weight excluding hydrogens is 352 g/mol. The van der Waals surface area contributed by atoms with E-state index in [1.54, 1.807) is 0 Å². The molecule has 0 aliphatic rings. The lowest BCUT2D eigenvalue weighted by Gasteiger charge is -2.10. The smallest absolute Gasteiger partial charge is 0.225 e. The number of para-hydroxylation sites is 1. The van der Waals surface area contributed by atoms with E-state index >= 15 is 0 Å². The minimum absolute atomic E-state index is 0.00613. The Labute approximate surface area is 180 Å². The van der Waals surface area contributed by atoms with Crippen LogP contribution in [0, 0.1) is 20.6 Å². The number of hydrogen-bond donors (Lipinski definition) is 0. The molecule has 0 saturated heterocycles. The summed E-state index contributed by atoms with van der Waals surface area (Å²) in [5, 5.41) is 2.05. The number of rotatable bonds is 2. The van der Waals surface area contributed by atoms with Crippen LogP contribution in [0.15, 0.2) is 78.9 Å². The number of hydrogen-bond acceptors (Lipinski definition) is 0. The quantitative estimate of drug-likeness (QED) is 0.321. The van der Waals surface area contributed by atoms with Crippen LogP contribution in [0.2, 0.25) is 0 Å². The van der Waals surface area contributed by atoms with E-state index < -0.39 is 13.7 Å². The van der Waals surface area contributed by atoms with Gasteiger partial charge in [-0.2, -0.15) is 4.57 Å². The molecule has 1 heterocycles. The average Bonchev–Trinajstić information content (AvgIpc) is 3.10. The van der Waals surface area contributed by atoms with Gasteiger partial charge in [-0.15, -0.1) is 0 Å². The van der Waals surface area contributed by atoms with Gasteiger partial charge in [0.05, 0.1) is 12.6 Å². The maximum absolute atomic E-state index is 8.26.